The zero-order valence-corrected chi connectivity index (χ0v) is 16.5. The summed E-state index contributed by atoms with van der Waals surface area (Å²) < 4.78 is 1.84. The van der Waals surface area contributed by atoms with Crippen LogP contribution in [0.15, 0.2) is 42.6 Å². The third-order valence-corrected chi connectivity index (χ3v) is 6.64. The van der Waals surface area contributed by atoms with E-state index in [2.05, 4.69) is 10.4 Å². The number of hydrogen-bond donors (Lipinski definition) is 1. The third-order valence-electron chi connectivity index (χ3n) is 5.44. The van der Waals surface area contributed by atoms with Crippen molar-refractivity contribution in [2.75, 3.05) is 0 Å². The van der Waals surface area contributed by atoms with Gasteiger partial charge in [0.25, 0.3) is 5.91 Å². The van der Waals surface area contributed by atoms with E-state index in [1.54, 1.807) is 4.90 Å². The summed E-state index contributed by atoms with van der Waals surface area (Å²) in [5.41, 5.74) is 3.97. The predicted octanol–water partition coefficient (Wildman–Crippen LogP) is 2.58. The maximum atomic E-state index is 13.0. The van der Waals surface area contributed by atoms with E-state index in [9.17, 15) is 14.4 Å². The Morgan fingerprint density at radius 2 is 1.97 bits per heavy atom. The molecule has 2 aliphatic rings. The fraction of sp³-hybridized carbons (Fsp3) is 0.238. The SMILES string of the molecule is Cn1ncc(-c2cc3c(s2)C(=O)N(C2CCC(=O)NC2=O)C3)c1-c1ccccc1. The molecule has 1 atom stereocenters. The van der Waals surface area contributed by atoms with E-state index >= 15 is 0 Å². The zero-order chi connectivity index (χ0) is 20.1. The molecule has 3 aromatic rings. The summed E-state index contributed by atoms with van der Waals surface area (Å²) in [4.78, 5) is 39.8. The molecule has 1 saturated heterocycles. The Labute approximate surface area is 170 Å². The van der Waals surface area contributed by atoms with Gasteiger partial charge in [-0.3, -0.25) is 24.4 Å². The molecule has 0 bridgehead atoms. The molecule has 1 aromatic carbocycles. The molecule has 146 valence electrons. The monoisotopic (exact) mass is 406 g/mol. The molecule has 2 aliphatic heterocycles. The van der Waals surface area contributed by atoms with Crippen LogP contribution >= 0.6 is 11.3 Å². The Morgan fingerprint density at radius 1 is 1.17 bits per heavy atom. The minimum Gasteiger partial charge on any atom is -0.321 e. The highest BCUT2D eigenvalue weighted by atomic mass is 32.1. The van der Waals surface area contributed by atoms with Gasteiger partial charge in [-0.05, 0) is 18.1 Å². The summed E-state index contributed by atoms with van der Waals surface area (Å²) in [6.07, 6.45) is 2.46. The molecule has 29 heavy (non-hydrogen) atoms. The number of fused-ring (bicyclic) bond motifs is 1. The Kier molecular flexibility index (Phi) is 4.09. The molecule has 0 radical (unpaired) electrons. The predicted molar refractivity (Wildman–Crippen MR) is 108 cm³/mol. The fourth-order valence-electron chi connectivity index (χ4n) is 4.03. The van der Waals surface area contributed by atoms with E-state index in [4.69, 9.17) is 0 Å². The van der Waals surface area contributed by atoms with Crippen molar-refractivity contribution in [3.63, 3.8) is 0 Å². The topological polar surface area (TPSA) is 84.3 Å². The van der Waals surface area contributed by atoms with Crippen LogP contribution in [0.3, 0.4) is 0 Å². The molecular formula is C21H18N4O3S. The lowest BCUT2D eigenvalue weighted by atomic mass is 10.0. The number of nitrogens with zero attached hydrogens (tertiary/aromatic N) is 3. The third kappa shape index (κ3) is 2.87. The highest BCUT2D eigenvalue weighted by molar-refractivity contribution is 7.17. The van der Waals surface area contributed by atoms with E-state index in [0.717, 1.165) is 27.3 Å². The van der Waals surface area contributed by atoms with Crippen LogP contribution in [0, 0.1) is 0 Å². The van der Waals surface area contributed by atoms with Crippen molar-refractivity contribution in [1.29, 1.82) is 0 Å². The van der Waals surface area contributed by atoms with Gasteiger partial charge in [-0.15, -0.1) is 11.3 Å². The van der Waals surface area contributed by atoms with Gasteiger partial charge >= 0.3 is 0 Å². The Bertz CT molecular complexity index is 1150. The van der Waals surface area contributed by atoms with Gasteiger partial charge in [0.2, 0.25) is 11.8 Å². The number of amides is 3. The van der Waals surface area contributed by atoms with Crippen molar-refractivity contribution in [3.05, 3.63) is 53.0 Å². The molecule has 2 aromatic heterocycles. The normalized spacial score (nSPS) is 18.9. The van der Waals surface area contributed by atoms with Crippen molar-refractivity contribution in [3.8, 4) is 21.7 Å². The average molecular weight is 406 g/mol. The first-order valence-corrected chi connectivity index (χ1v) is 10.2. The summed E-state index contributed by atoms with van der Waals surface area (Å²) in [6, 6.07) is 11.5. The lowest BCUT2D eigenvalue weighted by molar-refractivity contribution is -0.136. The lowest BCUT2D eigenvalue weighted by Gasteiger charge is -2.29. The van der Waals surface area contributed by atoms with Crippen molar-refractivity contribution < 1.29 is 14.4 Å². The number of aryl methyl sites for hydroxylation is 1. The van der Waals surface area contributed by atoms with Gasteiger partial charge in [0, 0.05) is 36.0 Å². The van der Waals surface area contributed by atoms with Crippen LogP contribution in [-0.4, -0.2) is 38.4 Å². The van der Waals surface area contributed by atoms with Crippen LogP contribution in [0.4, 0.5) is 0 Å². The van der Waals surface area contributed by atoms with Crippen molar-refractivity contribution in [2.24, 2.45) is 7.05 Å². The van der Waals surface area contributed by atoms with Gasteiger partial charge < -0.3 is 4.90 Å². The van der Waals surface area contributed by atoms with Crippen LogP contribution in [0.5, 0.6) is 0 Å². The maximum Gasteiger partial charge on any atom is 0.265 e. The second-order valence-corrected chi connectivity index (χ2v) is 8.31. The number of benzene rings is 1. The fourth-order valence-corrected chi connectivity index (χ4v) is 5.17. The van der Waals surface area contributed by atoms with Gasteiger partial charge in [-0.25, -0.2) is 0 Å². The average Bonchev–Trinajstić information content (AvgIpc) is 3.37. The molecule has 3 amide bonds. The van der Waals surface area contributed by atoms with Crippen LogP contribution in [0.25, 0.3) is 21.7 Å². The Balaban J connectivity index is 1.46. The number of nitrogens with one attached hydrogen (secondary N) is 1. The molecule has 1 unspecified atom stereocenters. The van der Waals surface area contributed by atoms with E-state index in [0.29, 0.717) is 17.8 Å². The van der Waals surface area contributed by atoms with E-state index in [-0.39, 0.29) is 24.1 Å². The Morgan fingerprint density at radius 3 is 2.69 bits per heavy atom. The molecule has 8 heteroatoms. The molecule has 1 fully saturated rings. The molecule has 1 N–H and O–H groups in total. The maximum absolute atomic E-state index is 13.0. The number of carbonyl (C=O) groups excluding carboxylic acids is 3. The Hall–Kier alpha value is -3.26. The first-order valence-electron chi connectivity index (χ1n) is 9.38. The van der Waals surface area contributed by atoms with Crippen LogP contribution < -0.4 is 5.32 Å². The summed E-state index contributed by atoms with van der Waals surface area (Å²) in [5.74, 6) is -0.806. The molecule has 0 aliphatic carbocycles. The van der Waals surface area contributed by atoms with E-state index < -0.39 is 6.04 Å². The summed E-state index contributed by atoms with van der Waals surface area (Å²) in [5, 5.41) is 6.75. The number of imide groups is 1. The smallest absolute Gasteiger partial charge is 0.265 e. The number of aromatic nitrogens is 2. The van der Waals surface area contributed by atoms with Crippen molar-refractivity contribution in [1.82, 2.24) is 20.0 Å². The van der Waals surface area contributed by atoms with Gasteiger partial charge in [0.05, 0.1) is 16.8 Å². The summed E-state index contributed by atoms with van der Waals surface area (Å²) in [6.45, 7) is 0.387. The number of carbonyl (C=O) groups is 3. The second kappa shape index (κ2) is 6.66. The highest BCUT2D eigenvalue weighted by Gasteiger charge is 2.40. The van der Waals surface area contributed by atoms with Crippen LogP contribution in [0.2, 0.25) is 0 Å². The lowest BCUT2D eigenvalue weighted by Crippen LogP contribution is -2.52. The number of rotatable bonds is 3. The second-order valence-electron chi connectivity index (χ2n) is 7.26. The summed E-state index contributed by atoms with van der Waals surface area (Å²) >= 11 is 1.43. The molecule has 0 spiro atoms. The number of hydrogen-bond acceptors (Lipinski definition) is 5. The van der Waals surface area contributed by atoms with Gasteiger partial charge in [-0.2, -0.15) is 5.10 Å². The minimum atomic E-state index is -0.582. The highest BCUT2D eigenvalue weighted by Crippen LogP contribution is 2.41. The van der Waals surface area contributed by atoms with E-state index in [1.165, 1.54) is 11.3 Å². The molecule has 5 rings (SSSR count). The molecular weight excluding hydrogens is 388 g/mol. The number of piperidine rings is 1. The largest absolute Gasteiger partial charge is 0.321 e. The molecule has 4 heterocycles. The van der Waals surface area contributed by atoms with Crippen LogP contribution in [-0.2, 0) is 23.2 Å². The summed E-state index contributed by atoms with van der Waals surface area (Å²) in [7, 11) is 1.91. The van der Waals surface area contributed by atoms with Crippen LogP contribution in [0.1, 0.15) is 28.1 Å². The molecule has 0 saturated carbocycles. The zero-order valence-electron chi connectivity index (χ0n) is 15.7. The van der Waals surface area contributed by atoms with Gasteiger partial charge in [-0.1, -0.05) is 30.3 Å². The van der Waals surface area contributed by atoms with Crippen molar-refractivity contribution in [2.45, 2.75) is 25.4 Å². The van der Waals surface area contributed by atoms with E-state index in [1.807, 2.05) is 54.3 Å². The molecule has 7 nitrogen and oxygen atoms in total. The standard InChI is InChI=1S/C21H18N4O3S/c1-24-18(12-5-3-2-4-6-12)14(10-22-24)16-9-13-11-25(21(28)19(13)29-16)15-7-8-17(26)23-20(15)27/h2-6,9-10,15H,7-8,11H2,1H3,(H,23,26,27). The minimum absolute atomic E-state index is 0.143. The van der Waals surface area contributed by atoms with Gasteiger partial charge in [0.1, 0.15) is 6.04 Å². The first kappa shape index (κ1) is 17.8. The number of thiophene rings is 1. The quantitative estimate of drug-likeness (QED) is 0.678. The van der Waals surface area contributed by atoms with Gasteiger partial charge in [0.15, 0.2) is 0 Å². The first-order chi connectivity index (χ1) is 14.0. The van der Waals surface area contributed by atoms with Crippen molar-refractivity contribution >= 4 is 29.1 Å².